The Morgan fingerprint density at radius 2 is 2.00 bits per heavy atom. The normalized spacial score (nSPS) is 21.4. The smallest absolute Gasteiger partial charge is 0.326 e. The Bertz CT molecular complexity index is 990. The number of fused-ring (bicyclic) bond motifs is 1. The van der Waals surface area contributed by atoms with E-state index in [1.54, 1.807) is 16.8 Å². The van der Waals surface area contributed by atoms with E-state index >= 15 is 0 Å². The third-order valence-electron chi connectivity index (χ3n) is 5.22. The summed E-state index contributed by atoms with van der Waals surface area (Å²) >= 11 is 0. The van der Waals surface area contributed by atoms with Gasteiger partial charge in [-0.15, -0.1) is 0 Å². The maximum absolute atomic E-state index is 11.9. The Balaban J connectivity index is 1.46. The van der Waals surface area contributed by atoms with E-state index in [9.17, 15) is 9.59 Å². The molecule has 5 rings (SSSR count). The van der Waals surface area contributed by atoms with E-state index in [0.717, 1.165) is 45.4 Å². The average Bonchev–Trinajstić information content (AvgIpc) is 3.36. The number of urea groups is 1. The fourth-order valence-corrected chi connectivity index (χ4v) is 3.40. The van der Waals surface area contributed by atoms with E-state index in [1.807, 2.05) is 0 Å². The van der Waals surface area contributed by atoms with Gasteiger partial charge in [-0.05, 0) is 37.7 Å². The Labute approximate surface area is 166 Å². The Morgan fingerprint density at radius 1 is 1.17 bits per heavy atom. The lowest BCUT2D eigenvalue weighted by atomic mass is 10.0. The summed E-state index contributed by atoms with van der Waals surface area (Å²) in [6, 6.07) is -0.149. The van der Waals surface area contributed by atoms with Crippen LogP contribution >= 0.6 is 0 Å². The van der Waals surface area contributed by atoms with Crippen LogP contribution in [0.1, 0.15) is 31.2 Å². The molecular formula is C18H22N8O3. The van der Waals surface area contributed by atoms with E-state index in [1.165, 1.54) is 0 Å². The molecule has 0 spiro atoms. The molecule has 3 aliphatic rings. The molecule has 0 radical (unpaired) electrons. The molecule has 1 saturated carbocycles. The van der Waals surface area contributed by atoms with Crippen LogP contribution in [0, 0.1) is 5.92 Å². The monoisotopic (exact) mass is 398 g/mol. The van der Waals surface area contributed by atoms with Crippen LogP contribution in [0.3, 0.4) is 0 Å². The summed E-state index contributed by atoms with van der Waals surface area (Å²) < 4.78 is 7.04. The summed E-state index contributed by atoms with van der Waals surface area (Å²) in [5.74, 6) is 1.16. The summed E-state index contributed by atoms with van der Waals surface area (Å²) in [6.07, 6.45) is 7.40. The predicted octanol–water partition coefficient (Wildman–Crippen LogP) is 0.717. The average molecular weight is 398 g/mol. The quantitative estimate of drug-likeness (QED) is 0.413. The van der Waals surface area contributed by atoms with Crippen LogP contribution in [0.4, 0.5) is 16.7 Å². The third-order valence-corrected chi connectivity index (χ3v) is 5.22. The van der Waals surface area contributed by atoms with Gasteiger partial charge in [-0.25, -0.2) is 4.79 Å². The summed E-state index contributed by atoms with van der Waals surface area (Å²) in [7, 11) is 0. The van der Waals surface area contributed by atoms with Gasteiger partial charge >= 0.3 is 6.03 Å². The van der Waals surface area contributed by atoms with Crippen LogP contribution in [0.25, 0.3) is 11.7 Å². The lowest BCUT2D eigenvalue weighted by Gasteiger charge is -2.22. The molecule has 2 aromatic rings. The van der Waals surface area contributed by atoms with Crippen molar-refractivity contribution in [2.24, 2.45) is 5.92 Å². The molecule has 1 aliphatic carbocycles. The van der Waals surface area contributed by atoms with E-state index in [0.29, 0.717) is 35.1 Å². The van der Waals surface area contributed by atoms with Crippen molar-refractivity contribution >= 4 is 35.6 Å². The predicted molar refractivity (Wildman–Crippen MR) is 104 cm³/mol. The molecule has 0 unspecified atom stereocenters. The van der Waals surface area contributed by atoms with Crippen LogP contribution in [0.15, 0.2) is 11.9 Å². The number of carbonyl (C=O) groups excluding carboxylic acids is 2. The minimum atomic E-state index is -0.540. The van der Waals surface area contributed by atoms with Gasteiger partial charge in [0.2, 0.25) is 11.9 Å². The van der Waals surface area contributed by atoms with Crippen molar-refractivity contribution in [3.05, 3.63) is 17.5 Å². The van der Waals surface area contributed by atoms with Crippen molar-refractivity contribution in [2.75, 3.05) is 30.4 Å². The van der Waals surface area contributed by atoms with Crippen LogP contribution < -0.4 is 21.3 Å². The minimum Gasteiger partial charge on any atom is -0.381 e. The molecule has 0 atom stereocenters. The van der Waals surface area contributed by atoms with Gasteiger partial charge in [0.1, 0.15) is 5.70 Å². The van der Waals surface area contributed by atoms with Gasteiger partial charge < -0.3 is 20.7 Å². The molecule has 4 heterocycles. The number of hydrogen-bond acceptors (Lipinski definition) is 8. The fraction of sp³-hybridized carbons (Fsp3) is 0.500. The number of nitrogens with zero attached hydrogens (tertiary/aromatic N) is 4. The second-order valence-electron chi connectivity index (χ2n) is 7.53. The van der Waals surface area contributed by atoms with E-state index in [-0.39, 0.29) is 5.70 Å². The Hall–Kier alpha value is -3.21. The maximum Gasteiger partial charge on any atom is 0.326 e. The Morgan fingerprint density at radius 3 is 2.72 bits per heavy atom. The van der Waals surface area contributed by atoms with Crippen molar-refractivity contribution in [3.8, 4) is 0 Å². The number of anilines is 2. The fourth-order valence-electron chi connectivity index (χ4n) is 3.40. The molecule has 2 aliphatic heterocycles. The molecule has 11 nitrogen and oxygen atoms in total. The zero-order chi connectivity index (χ0) is 19.8. The second kappa shape index (κ2) is 7.32. The largest absolute Gasteiger partial charge is 0.381 e. The highest BCUT2D eigenvalue weighted by molar-refractivity contribution is 6.14. The molecule has 3 amide bonds. The van der Waals surface area contributed by atoms with Crippen molar-refractivity contribution in [3.63, 3.8) is 0 Å². The highest BCUT2D eigenvalue weighted by Crippen LogP contribution is 2.26. The van der Waals surface area contributed by atoms with Crippen molar-refractivity contribution in [1.82, 2.24) is 30.2 Å². The first-order valence-electron chi connectivity index (χ1n) is 9.83. The number of aromatic nitrogens is 4. The minimum absolute atomic E-state index is 0.164. The molecule has 152 valence electrons. The number of hydrogen-bond donors (Lipinski definition) is 4. The Kier molecular flexibility index (Phi) is 4.51. The number of amides is 3. The van der Waals surface area contributed by atoms with Gasteiger partial charge in [0, 0.05) is 31.4 Å². The lowest BCUT2D eigenvalue weighted by Crippen LogP contribution is -2.23. The van der Waals surface area contributed by atoms with Gasteiger partial charge in [0.05, 0.1) is 6.20 Å². The van der Waals surface area contributed by atoms with Gasteiger partial charge in [0.15, 0.2) is 5.65 Å². The molecule has 0 aromatic carbocycles. The summed E-state index contributed by atoms with van der Waals surface area (Å²) in [4.78, 5) is 32.4. The summed E-state index contributed by atoms with van der Waals surface area (Å²) in [5, 5.41) is 15.8. The molecule has 11 heteroatoms. The highest BCUT2D eigenvalue weighted by Gasteiger charge is 2.26. The molecule has 3 fully saturated rings. The second-order valence-corrected chi connectivity index (χ2v) is 7.53. The summed E-state index contributed by atoms with van der Waals surface area (Å²) in [5.41, 5.74) is 1.34. The number of imide groups is 1. The van der Waals surface area contributed by atoms with Gasteiger partial charge in [0.25, 0.3) is 5.91 Å². The van der Waals surface area contributed by atoms with Crippen LogP contribution in [0.5, 0.6) is 0 Å². The molecule has 2 aromatic heterocycles. The molecule has 0 bridgehead atoms. The highest BCUT2D eigenvalue weighted by atomic mass is 16.5. The van der Waals surface area contributed by atoms with Crippen LogP contribution in [-0.2, 0) is 9.53 Å². The zero-order valence-electron chi connectivity index (χ0n) is 15.8. The zero-order valence-corrected chi connectivity index (χ0v) is 15.8. The first kappa shape index (κ1) is 17.9. The maximum atomic E-state index is 11.9. The van der Waals surface area contributed by atoms with E-state index in [4.69, 9.17) is 4.74 Å². The topological polar surface area (TPSA) is 135 Å². The molecule has 4 N–H and O–H groups in total. The van der Waals surface area contributed by atoms with Crippen molar-refractivity contribution in [1.29, 1.82) is 0 Å². The van der Waals surface area contributed by atoms with Gasteiger partial charge in [-0.3, -0.25) is 10.1 Å². The third kappa shape index (κ3) is 3.86. The molecule has 2 saturated heterocycles. The van der Waals surface area contributed by atoms with Gasteiger partial charge in [-0.2, -0.15) is 19.6 Å². The van der Waals surface area contributed by atoms with Crippen molar-refractivity contribution < 1.29 is 14.3 Å². The number of ether oxygens (including phenoxy) is 1. The van der Waals surface area contributed by atoms with Crippen LogP contribution in [-0.4, -0.2) is 57.3 Å². The number of carbonyl (C=O) groups is 2. The van der Waals surface area contributed by atoms with Crippen molar-refractivity contribution in [2.45, 2.75) is 31.7 Å². The van der Waals surface area contributed by atoms with E-state index in [2.05, 4.69) is 36.3 Å². The lowest BCUT2D eigenvalue weighted by molar-refractivity contribution is -0.115. The van der Waals surface area contributed by atoms with Crippen LogP contribution in [0.2, 0.25) is 0 Å². The first-order valence-corrected chi connectivity index (χ1v) is 9.83. The number of nitrogens with one attached hydrogen (secondary N) is 4. The first-order chi connectivity index (χ1) is 14.2. The van der Waals surface area contributed by atoms with Gasteiger partial charge in [-0.1, -0.05) is 0 Å². The molecule has 29 heavy (non-hydrogen) atoms. The van der Waals surface area contributed by atoms with E-state index < -0.39 is 11.9 Å². The number of rotatable bonds is 6. The standard InChI is InChI=1S/C18H22N8O3/c27-15-13(22-18(28)24-15)7-11-9-20-26-14(11)23-16(25-17(26)21-12-1-2-12)19-8-10-3-5-29-6-4-10/h7,9-10,12H,1-6,8H2,(H2,19,21,23,25)(H2,22,24,27,28)/b13-7-. The SMILES string of the molecule is O=C1NC(=O)/C(=C/c2cnn3c(NC4CC4)nc(NCC4CCOCC4)nc23)N1. The molecular weight excluding hydrogens is 376 g/mol. The summed E-state index contributed by atoms with van der Waals surface area (Å²) in [6.45, 7) is 2.34.